The van der Waals surface area contributed by atoms with Crippen LogP contribution in [0.15, 0.2) is 23.8 Å². The van der Waals surface area contributed by atoms with Crippen LogP contribution in [0.25, 0.3) is 0 Å². The molecule has 1 rings (SSSR count). The molecule has 2 atom stereocenters. The zero-order valence-electron chi connectivity index (χ0n) is 11.9. The molecule has 0 heterocycles. The third kappa shape index (κ3) is 6.55. The summed E-state index contributed by atoms with van der Waals surface area (Å²) in [7, 11) is 0. The van der Waals surface area contributed by atoms with Gasteiger partial charge in [-0.05, 0) is 45.6 Å². The number of hydrogen-bond donors (Lipinski definition) is 3. The van der Waals surface area contributed by atoms with E-state index >= 15 is 0 Å². The maximum atomic E-state index is 11.9. The van der Waals surface area contributed by atoms with E-state index in [-0.39, 0.29) is 11.9 Å². The molecule has 4 heteroatoms. The average Bonchev–Trinajstić information content (AvgIpc) is 2.39. The lowest BCUT2D eigenvalue weighted by molar-refractivity contribution is -0.123. The molecule has 0 aliphatic heterocycles. The molecule has 0 aromatic rings. The predicted octanol–water partition coefficient (Wildman–Crippen LogP) is 1.61. The second-order valence-electron chi connectivity index (χ2n) is 5.26. The summed E-state index contributed by atoms with van der Waals surface area (Å²) in [6.07, 6.45) is 12.2. The van der Waals surface area contributed by atoms with E-state index in [0.29, 0.717) is 13.0 Å². The van der Waals surface area contributed by atoms with Gasteiger partial charge in [-0.15, -0.1) is 0 Å². The molecule has 0 aromatic carbocycles. The maximum absolute atomic E-state index is 11.9. The molecule has 0 saturated carbocycles. The van der Waals surface area contributed by atoms with Crippen molar-refractivity contribution in [1.29, 1.82) is 0 Å². The van der Waals surface area contributed by atoms with Crippen LogP contribution in [0.1, 0.15) is 45.4 Å². The van der Waals surface area contributed by atoms with Crippen LogP contribution in [0, 0.1) is 0 Å². The van der Waals surface area contributed by atoms with E-state index in [1.165, 1.54) is 5.57 Å². The van der Waals surface area contributed by atoms with Gasteiger partial charge in [0.25, 0.3) is 0 Å². The summed E-state index contributed by atoms with van der Waals surface area (Å²) >= 11 is 0. The van der Waals surface area contributed by atoms with Crippen LogP contribution in [0.5, 0.6) is 0 Å². The van der Waals surface area contributed by atoms with Gasteiger partial charge >= 0.3 is 0 Å². The van der Waals surface area contributed by atoms with E-state index in [4.69, 9.17) is 11.5 Å². The normalized spacial score (nSPS) is 17.7. The molecule has 1 aliphatic carbocycles. The lowest BCUT2D eigenvalue weighted by Gasteiger charge is -2.18. The van der Waals surface area contributed by atoms with Crippen molar-refractivity contribution < 1.29 is 4.79 Å². The van der Waals surface area contributed by atoms with Gasteiger partial charge in [-0.25, -0.2) is 0 Å². The molecule has 108 valence electrons. The number of unbranched alkanes of at least 4 members (excludes halogenated alkanes) is 1. The number of carbonyl (C=O) groups excluding carboxylic acids is 1. The number of allylic oxidation sites excluding steroid dienone is 3. The number of nitrogens with two attached hydrogens (primary N) is 2. The van der Waals surface area contributed by atoms with Crippen molar-refractivity contribution in [3.8, 4) is 0 Å². The largest absolute Gasteiger partial charge is 0.352 e. The molecule has 4 nitrogen and oxygen atoms in total. The van der Waals surface area contributed by atoms with Crippen molar-refractivity contribution in [2.24, 2.45) is 11.5 Å². The van der Waals surface area contributed by atoms with Gasteiger partial charge in [0, 0.05) is 6.04 Å². The fourth-order valence-corrected chi connectivity index (χ4v) is 2.21. The fraction of sp³-hybridized carbons (Fsp3) is 0.667. The summed E-state index contributed by atoms with van der Waals surface area (Å²) in [5.74, 6) is -0.0510. The van der Waals surface area contributed by atoms with Crippen molar-refractivity contribution >= 4 is 5.91 Å². The monoisotopic (exact) mass is 265 g/mol. The minimum atomic E-state index is -0.412. The predicted molar refractivity (Wildman–Crippen MR) is 79.6 cm³/mol. The molecule has 0 spiro atoms. The van der Waals surface area contributed by atoms with E-state index in [0.717, 1.165) is 32.1 Å². The fourth-order valence-electron chi connectivity index (χ4n) is 2.21. The highest BCUT2D eigenvalue weighted by molar-refractivity contribution is 5.81. The summed E-state index contributed by atoms with van der Waals surface area (Å²) in [5.41, 5.74) is 12.6. The molecule has 0 aromatic heterocycles. The summed E-state index contributed by atoms with van der Waals surface area (Å²) in [4.78, 5) is 11.9. The average molecular weight is 265 g/mol. The molecule has 5 N–H and O–H groups in total. The number of rotatable bonds is 8. The van der Waals surface area contributed by atoms with Crippen LogP contribution in [0.3, 0.4) is 0 Å². The van der Waals surface area contributed by atoms with Gasteiger partial charge in [0.15, 0.2) is 0 Å². The second kappa shape index (κ2) is 8.88. The number of nitrogens with one attached hydrogen (secondary N) is 1. The molecule has 1 aliphatic rings. The van der Waals surface area contributed by atoms with E-state index in [2.05, 4.69) is 23.5 Å². The van der Waals surface area contributed by atoms with E-state index < -0.39 is 6.04 Å². The Morgan fingerprint density at radius 3 is 2.84 bits per heavy atom. The topological polar surface area (TPSA) is 81.1 Å². The Balaban J connectivity index is 2.26. The molecule has 1 amide bonds. The summed E-state index contributed by atoms with van der Waals surface area (Å²) < 4.78 is 0. The van der Waals surface area contributed by atoms with Gasteiger partial charge in [-0.2, -0.15) is 0 Å². The standard InChI is InChI=1S/C15H27N3O/c1-12(11-13-7-3-2-4-8-13)18-15(19)14(17)9-5-6-10-16/h3,7-8,12,14H,2,4-6,9-11,16-17H2,1H3,(H,18,19)/t12-,14-/m0/s1. The first-order chi connectivity index (χ1) is 9.13. The highest BCUT2D eigenvalue weighted by Crippen LogP contribution is 2.14. The molecule has 19 heavy (non-hydrogen) atoms. The highest BCUT2D eigenvalue weighted by Gasteiger charge is 2.15. The van der Waals surface area contributed by atoms with Gasteiger partial charge < -0.3 is 16.8 Å². The van der Waals surface area contributed by atoms with Crippen LogP contribution in [-0.2, 0) is 4.79 Å². The first kappa shape index (κ1) is 15.9. The zero-order chi connectivity index (χ0) is 14.1. The number of carbonyl (C=O) groups is 1. The lowest BCUT2D eigenvalue weighted by Crippen LogP contribution is -2.44. The minimum absolute atomic E-state index is 0.0510. The Bertz CT molecular complexity index is 336. The van der Waals surface area contributed by atoms with E-state index in [1.54, 1.807) is 0 Å². The molecular weight excluding hydrogens is 238 g/mol. The van der Waals surface area contributed by atoms with Crippen molar-refractivity contribution in [2.45, 2.75) is 57.5 Å². The summed E-state index contributed by atoms with van der Waals surface area (Å²) in [5, 5.41) is 2.98. The molecular formula is C15H27N3O. The van der Waals surface area contributed by atoms with Crippen molar-refractivity contribution in [1.82, 2.24) is 5.32 Å². The Labute approximate surface area is 116 Å². The SMILES string of the molecule is C[C@@H](CC1=CCCC=C1)NC(=O)[C@@H](N)CCCCN. The number of hydrogen-bond acceptors (Lipinski definition) is 3. The van der Waals surface area contributed by atoms with Crippen LogP contribution in [-0.4, -0.2) is 24.5 Å². The van der Waals surface area contributed by atoms with Crippen LogP contribution in [0.2, 0.25) is 0 Å². The Kier molecular flexibility index (Phi) is 7.45. The van der Waals surface area contributed by atoms with Gasteiger partial charge in [-0.3, -0.25) is 4.79 Å². The zero-order valence-corrected chi connectivity index (χ0v) is 11.9. The Morgan fingerprint density at radius 2 is 2.21 bits per heavy atom. The van der Waals surface area contributed by atoms with Crippen LogP contribution in [0.4, 0.5) is 0 Å². The molecule has 0 radical (unpaired) electrons. The molecule has 0 bridgehead atoms. The van der Waals surface area contributed by atoms with Crippen LogP contribution < -0.4 is 16.8 Å². The first-order valence-electron chi connectivity index (χ1n) is 7.25. The quantitative estimate of drug-likeness (QED) is 0.583. The lowest BCUT2D eigenvalue weighted by atomic mass is 10.0. The van der Waals surface area contributed by atoms with Crippen molar-refractivity contribution in [3.63, 3.8) is 0 Å². The van der Waals surface area contributed by atoms with Gasteiger partial charge in [0.2, 0.25) is 5.91 Å². The maximum Gasteiger partial charge on any atom is 0.237 e. The van der Waals surface area contributed by atoms with Crippen molar-refractivity contribution in [2.75, 3.05) is 6.54 Å². The third-order valence-corrected chi connectivity index (χ3v) is 3.31. The second-order valence-corrected chi connectivity index (χ2v) is 5.26. The first-order valence-corrected chi connectivity index (χ1v) is 7.25. The summed E-state index contributed by atoms with van der Waals surface area (Å²) in [6.45, 7) is 2.68. The van der Waals surface area contributed by atoms with Gasteiger partial charge in [0.05, 0.1) is 6.04 Å². The van der Waals surface area contributed by atoms with Crippen LogP contribution >= 0.6 is 0 Å². The Morgan fingerprint density at radius 1 is 1.42 bits per heavy atom. The number of amides is 1. The Hall–Kier alpha value is -1.13. The highest BCUT2D eigenvalue weighted by atomic mass is 16.2. The van der Waals surface area contributed by atoms with E-state index in [1.807, 2.05) is 6.92 Å². The van der Waals surface area contributed by atoms with Crippen molar-refractivity contribution in [3.05, 3.63) is 23.8 Å². The minimum Gasteiger partial charge on any atom is -0.352 e. The molecule has 0 unspecified atom stereocenters. The summed E-state index contributed by atoms with van der Waals surface area (Å²) in [6, 6.07) is -0.285. The smallest absolute Gasteiger partial charge is 0.237 e. The molecule has 0 fully saturated rings. The van der Waals surface area contributed by atoms with Gasteiger partial charge in [-0.1, -0.05) is 30.2 Å². The van der Waals surface area contributed by atoms with E-state index in [9.17, 15) is 4.79 Å². The third-order valence-electron chi connectivity index (χ3n) is 3.31. The molecule has 0 saturated heterocycles. The van der Waals surface area contributed by atoms with Gasteiger partial charge in [0.1, 0.15) is 0 Å².